The first kappa shape index (κ1) is 18.1. The molecule has 6 heteroatoms. The lowest BCUT2D eigenvalue weighted by Crippen LogP contribution is -2.29. The lowest BCUT2D eigenvalue weighted by molar-refractivity contribution is 0.0642. The van der Waals surface area contributed by atoms with Crippen molar-refractivity contribution in [2.45, 2.75) is 20.0 Å². The standard InChI is InChI=1S/C22H18N2O3S/c1-14-10-11-28-19(14)12-23-20(25)16-8-6-15(7-9-16)13-24-21(26)17-4-2-3-5-18(17)22(24)27/h2-11H,12-13H2,1H3,(H,23,25). The summed E-state index contributed by atoms with van der Waals surface area (Å²) in [5.41, 5.74) is 3.38. The SMILES string of the molecule is Cc1ccsc1CNC(=O)c1ccc(CN2C(=O)c3ccccc3C2=O)cc1. The van der Waals surface area contributed by atoms with Crippen LogP contribution in [0.3, 0.4) is 0 Å². The monoisotopic (exact) mass is 390 g/mol. The van der Waals surface area contributed by atoms with E-state index in [9.17, 15) is 14.4 Å². The molecule has 0 aliphatic carbocycles. The Kier molecular flexibility index (Phi) is 4.79. The molecule has 28 heavy (non-hydrogen) atoms. The summed E-state index contributed by atoms with van der Waals surface area (Å²) in [4.78, 5) is 39.6. The Morgan fingerprint density at radius 1 is 0.964 bits per heavy atom. The molecule has 4 rings (SSSR count). The number of amides is 3. The average Bonchev–Trinajstić information content (AvgIpc) is 3.23. The molecule has 0 spiro atoms. The largest absolute Gasteiger partial charge is 0.347 e. The Bertz CT molecular complexity index is 1030. The van der Waals surface area contributed by atoms with Crippen LogP contribution in [0.25, 0.3) is 0 Å². The molecule has 3 aromatic rings. The molecular weight excluding hydrogens is 372 g/mol. The highest BCUT2D eigenvalue weighted by Gasteiger charge is 2.34. The minimum atomic E-state index is -0.284. The Morgan fingerprint density at radius 3 is 2.18 bits per heavy atom. The topological polar surface area (TPSA) is 66.5 Å². The summed E-state index contributed by atoms with van der Waals surface area (Å²) in [6.07, 6.45) is 0. The van der Waals surface area contributed by atoms with Crippen molar-refractivity contribution in [2.24, 2.45) is 0 Å². The number of hydrogen-bond acceptors (Lipinski definition) is 4. The van der Waals surface area contributed by atoms with Gasteiger partial charge in [-0.3, -0.25) is 19.3 Å². The van der Waals surface area contributed by atoms with Crippen LogP contribution in [0.5, 0.6) is 0 Å². The van der Waals surface area contributed by atoms with Crippen molar-refractivity contribution in [3.8, 4) is 0 Å². The Morgan fingerprint density at radius 2 is 1.61 bits per heavy atom. The van der Waals surface area contributed by atoms with E-state index in [-0.39, 0.29) is 24.3 Å². The third-order valence-corrected chi connectivity index (χ3v) is 5.84. The van der Waals surface area contributed by atoms with Gasteiger partial charge < -0.3 is 5.32 Å². The Hall–Kier alpha value is -3.25. The third kappa shape index (κ3) is 3.34. The van der Waals surface area contributed by atoms with Crippen LogP contribution >= 0.6 is 11.3 Å². The molecule has 2 aromatic carbocycles. The smallest absolute Gasteiger partial charge is 0.261 e. The van der Waals surface area contributed by atoms with Gasteiger partial charge >= 0.3 is 0 Å². The number of thiophene rings is 1. The Balaban J connectivity index is 1.41. The summed E-state index contributed by atoms with van der Waals surface area (Å²) in [6, 6.07) is 15.8. The molecule has 1 aromatic heterocycles. The first-order valence-corrected chi connectivity index (χ1v) is 9.78. The zero-order chi connectivity index (χ0) is 19.7. The minimum Gasteiger partial charge on any atom is -0.347 e. The number of fused-ring (bicyclic) bond motifs is 1. The summed E-state index contributed by atoms with van der Waals surface area (Å²) in [6.45, 7) is 2.70. The zero-order valence-corrected chi connectivity index (χ0v) is 16.1. The van der Waals surface area contributed by atoms with Gasteiger partial charge in [0.25, 0.3) is 17.7 Å². The maximum atomic E-state index is 12.5. The van der Waals surface area contributed by atoms with Gasteiger partial charge in [0.1, 0.15) is 0 Å². The van der Waals surface area contributed by atoms with Crippen molar-refractivity contribution in [3.05, 3.63) is 92.7 Å². The van der Waals surface area contributed by atoms with E-state index in [0.29, 0.717) is 23.2 Å². The van der Waals surface area contributed by atoms with Crippen LogP contribution in [0.15, 0.2) is 60.0 Å². The molecule has 0 radical (unpaired) electrons. The molecule has 2 heterocycles. The van der Waals surface area contributed by atoms with E-state index in [1.54, 1.807) is 59.9 Å². The second kappa shape index (κ2) is 7.40. The first-order chi connectivity index (χ1) is 13.5. The quantitative estimate of drug-likeness (QED) is 0.674. The van der Waals surface area contributed by atoms with E-state index in [1.807, 2.05) is 18.4 Å². The van der Waals surface area contributed by atoms with Crippen LogP contribution in [0.1, 0.15) is 47.1 Å². The highest BCUT2D eigenvalue weighted by atomic mass is 32.1. The highest BCUT2D eigenvalue weighted by Crippen LogP contribution is 2.24. The molecule has 140 valence electrons. The van der Waals surface area contributed by atoms with E-state index in [4.69, 9.17) is 0 Å². The van der Waals surface area contributed by atoms with Crippen LogP contribution < -0.4 is 5.32 Å². The predicted molar refractivity (Wildman–Crippen MR) is 107 cm³/mol. The molecular formula is C22H18N2O3S. The average molecular weight is 390 g/mol. The van der Waals surface area contributed by atoms with Crippen molar-refractivity contribution in [1.29, 1.82) is 0 Å². The number of rotatable bonds is 5. The lowest BCUT2D eigenvalue weighted by Gasteiger charge is -2.14. The van der Waals surface area contributed by atoms with Gasteiger partial charge in [0.05, 0.1) is 24.2 Å². The van der Waals surface area contributed by atoms with Crippen molar-refractivity contribution in [2.75, 3.05) is 0 Å². The number of nitrogens with zero attached hydrogens (tertiary/aromatic N) is 1. The number of nitrogens with one attached hydrogen (secondary N) is 1. The van der Waals surface area contributed by atoms with Gasteiger partial charge in [-0.05, 0) is 53.8 Å². The molecule has 3 amide bonds. The van der Waals surface area contributed by atoms with Gasteiger partial charge in [-0.15, -0.1) is 11.3 Å². The third-order valence-electron chi connectivity index (χ3n) is 4.81. The van der Waals surface area contributed by atoms with Crippen LogP contribution in [-0.2, 0) is 13.1 Å². The molecule has 0 saturated carbocycles. The van der Waals surface area contributed by atoms with Gasteiger partial charge in [-0.1, -0.05) is 24.3 Å². The summed E-state index contributed by atoms with van der Waals surface area (Å²) in [7, 11) is 0. The fourth-order valence-corrected chi connectivity index (χ4v) is 4.02. The number of hydrogen-bond donors (Lipinski definition) is 1. The zero-order valence-electron chi connectivity index (χ0n) is 15.3. The number of benzene rings is 2. The molecule has 0 atom stereocenters. The molecule has 1 N–H and O–H groups in total. The number of aryl methyl sites for hydroxylation is 1. The number of carbonyl (C=O) groups is 3. The van der Waals surface area contributed by atoms with Gasteiger partial charge in [0, 0.05) is 10.4 Å². The molecule has 0 unspecified atom stereocenters. The molecule has 0 fully saturated rings. The number of imide groups is 1. The van der Waals surface area contributed by atoms with Gasteiger partial charge in [-0.25, -0.2) is 0 Å². The fraction of sp³-hybridized carbons (Fsp3) is 0.136. The predicted octanol–water partition coefficient (Wildman–Crippen LogP) is 3.78. The second-order valence-corrected chi connectivity index (χ2v) is 7.65. The summed E-state index contributed by atoms with van der Waals surface area (Å²) in [5.74, 6) is -0.720. The number of carbonyl (C=O) groups excluding carboxylic acids is 3. The van der Waals surface area contributed by atoms with E-state index in [0.717, 1.165) is 10.4 Å². The van der Waals surface area contributed by atoms with Crippen molar-refractivity contribution >= 4 is 29.1 Å². The molecule has 0 bridgehead atoms. The molecule has 0 saturated heterocycles. The van der Waals surface area contributed by atoms with E-state index < -0.39 is 0 Å². The van der Waals surface area contributed by atoms with E-state index in [1.165, 1.54) is 10.5 Å². The normalized spacial score (nSPS) is 13.0. The lowest BCUT2D eigenvalue weighted by atomic mass is 10.1. The van der Waals surface area contributed by atoms with Gasteiger partial charge in [-0.2, -0.15) is 0 Å². The maximum absolute atomic E-state index is 12.5. The fourth-order valence-electron chi connectivity index (χ4n) is 3.17. The summed E-state index contributed by atoms with van der Waals surface area (Å²) >= 11 is 1.62. The van der Waals surface area contributed by atoms with Crippen molar-refractivity contribution in [1.82, 2.24) is 10.2 Å². The van der Waals surface area contributed by atoms with E-state index >= 15 is 0 Å². The van der Waals surface area contributed by atoms with Crippen LogP contribution in [0, 0.1) is 6.92 Å². The van der Waals surface area contributed by atoms with Gasteiger partial charge in [0.2, 0.25) is 0 Å². The molecule has 1 aliphatic rings. The minimum absolute atomic E-state index is 0.153. The molecule has 1 aliphatic heterocycles. The summed E-state index contributed by atoms with van der Waals surface area (Å²) in [5, 5.41) is 4.92. The second-order valence-electron chi connectivity index (χ2n) is 6.65. The van der Waals surface area contributed by atoms with Crippen molar-refractivity contribution in [3.63, 3.8) is 0 Å². The van der Waals surface area contributed by atoms with Gasteiger partial charge in [0.15, 0.2) is 0 Å². The van der Waals surface area contributed by atoms with Crippen molar-refractivity contribution < 1.29 is 14.4 Å². The van der Waals surface area contributed by atoms with E-state index in [2.05, 4.69) is 5.32 Å². The maximum Gasteiger partial charge on any atom is 0.261 e. The first-order valence-electron chi connectivity index (χ1n) is 8.90. The highest BCUT2D eigenvalue weighted by molar-refractivity contribution is 7.10. The van der Waals surface area contributed by atoms with Crippen LogP contribution in [-0.4, -0.2) is 22.6 Å². The van der Waals surface area contributed by atoms with Crippen LogP contribution in [0.2, 0.25) is 0 Å². The molecule has 5 nitrogen and oxygen atoms in total. The summed E-state index contributed by atoms with van der Waals surface area (Å²) < 4.78 is 0. The Labute approximate surface area is 166 Å². The van der Waals surface area contributed by atoms with Crippen LogP contribution in [0.4, 0.5) is 0 Å².